The predicted molar refractivity (Wildman–Crippen MR) is 57.9 cm³/mol. The lowest BCUT2D eigenvalue weighted by atomic mass is 9.93. The molecule has 0 aromatic rings. The van der Waals surface area contributed by atoms with Crippen molar-refractivity contribution >= 4 is 0 Å². The summed E-state index contributed by atoms with van der Waals surface area (Å²) in [6.07, 6.45) is 1.90. The van der Waals surface area contributed by atoms with Crippen molar-refractivity contribution in [2.45, 2.75) is 25.8 Å². The minimum Gasteiger partial charge on any atom is -0.306 e. The number of nitrogens with zero attached hydrogens (tertiary/aromatic N) is 3. The second kappa shape index (κ2) is 5.33. The number of hydrogen-bond acceptors (Lipinski definition) is 3. The molecule has 0 N–H and O–H groups in total. The van der Waals surface area contributed by atoms with Crippen molar-refractivity contribution in [3.63, 3.8) is 0 Å². The Bertz CT molecular complexity index is 207. The standard InChI is InChI=1S/C11H21N3/c1-10-9-14(7-4-6-12)8-5-11(10)13(2)3/h10-11H,4-5,7-9H2,1-3H3. The first kappa shape index (κ1) is 11.5. The molecule has 0 radical (unpaired) electrons. The minimum atomic E-state index is 0.666. The smallest absolute Gasteiger partial charge is 0.0635 e. The largest absolute Gasteiger partial charge is 0.306 e. The summed E-state index contributed by atoms with van der Waals surface area (Å²) in [4.78, 5) is 4.74. The summed E-state index contributed by atoms with van der Waals surface area (Å²) in [6.45, 7) is 5.55. The van der Waals surface area contributed by atoms with E-state index >= 15 is 0 Å². The molecular formula is C11H21N3. The Hall–Kier alpha value is -0.590. The van der Waals surface area contributed by atoms with Crippen molar-refractivity contribution in [2.75, 3.05) is 33.7 Å². The lowest BCUT2D eigenvalue weighted by molar-refractivity contribution is 0.0958. The lowest BCUT2D eigenvalue weighted by Crippen LogP contribution is -2.47. The Balaban J connectivity index is 2.35. The first-order valence-corrected chi connectivity index (χ1v) is 5.41. The van der Waals surface area contributed by atoms with Gasteiger partial charge >= 0.3 is 0 Å². The highest BCUT2D eigenvalue weighted by Gasteiger charge is 2.26. The van der Waals surface area contributed by atoms with Gasteiger partial charge < -0.3 is 9.80 Å². The molecule has 14 heavy (non-hydrogen) atoms. The molecule has 0 bridgehead atoms. The third-order valence-corrected chi connectivity index (χ3v) is 3.15. The molecule has 3 heteroatoms. The number of rotatable bonds is 3. The molecular weight excluding hydrogens is 174 g/mol. The van der Waals surface area contributed by atoms with Gasteiger partial charge in [0.1, 0.15) is 0 Å². The molecule has 1 aliphatic rings. The van der Waals surface area contributed by atoms with Crippen LogP contribution in [0.25, 0.3) is 0 Å². The van der Waals surface area contributed by atoms with Crippen LogP contribution in [-0.2, 0) is 0 Å². The molecule has 3 nitrogen and oxygen atoms in total. The molecule has 0 amide bonds. The van der Waals surface area contributed by atoms with Crippen molar-refractivity contribution in [3.8, 4) is 6.07 Å². The van der Waals surface area contributed by atoms with E-state index < -0.39 is 0 Å². The van der Waals surface area contributed by atoms with Gasteiger partial charge in [-0.2, -0.15) is 5.26 Å². The number of hydrogen-bond donors (Lipinski definition) is 0. The number of piperidine rings is 1. The van der Waals surface area contributed by atoms with Gasteiger partial charge in [-0.1, -0.05) is 6.92 Å². The molecule has 1 saturated heterocycles. The van der Waals surface area contributed by atoms with Gasteiger partial charge in [0.25, 0.3) is 0 Å². The molecule has 1 aliphatic heterocycles. The molecule has 2 unspecified atom stereocenters. The highest BCUT2D eigenvalue weighted by molar-refractivity contribution is 4.84. The van der Waals surface area contributed by atoms with E-state index in [4.69, 9.17) is 5.26 Å². The van der Waals surface area contributed by atoms with Gasteiger partial charge in [-0.15, -0.1) is 0 Å². The van der Waals surface area contributed by atoms with Gasteiger partial charge in [0, 0.05) is 25.6 Å². The summed E-state index contributed by atoms with van der Waals surface area (Å²) in [6, 6.07) is 2.93. The van der Waals surface area contributed by atoms with Crippen LogP contribution in [0.1, 0.15) is 19.8 Å². The summed E-state index contributed by atoms with van der Waals surface area (Å²) >= 11 is 0. The minimum absolute atomic E-state index is 0.666. The van der Waals surface area contributed by atoms with Gasteiger partial charge in [-0.25, -0.2) is 0 Å². The van der Waals surface area contributed by atoms with E-state index in [1.807, 2.05) is 0 Å². The number of nitriles is 1. The summed E-state index contributed by atoms with van der Waals surface area (Å²) in [5.41, 5.74) is 0. The van der Waals surface area contributed by atoms with Crippen molar-refractivity contribution in [3.05, 3.63) is 0 Å². The highest BCUT2D eigenvalue weighted by atomic mass is 15.2. The Morgan fingerprint density at radius 3 is 2.71 bits per heavy atom. The summed E-state index contributed by atoms with van der Waals surface area (Å²) in [5.74, 6) is 0.720. The fourth-order valence-electron chi connectivity index (χ4n) is 2.40. The zero-order chi connectivity index (χ0) is 10.6. The van der Waals surface area contributed by atoms with Crippen molar-refractivity contribution in [1.82, 2.24) is 9.80 Å². The number of likely N-dealkylation sites (tertiary alicyclic amines) is 1. The third-order valence-electron chi connectivity index (χ3n) is 3.15. The van der Waals surface area contributed by atoms with Crippen molar-refractivity contribution in [1.29, 1.82) is 5.26 Å². The van der Waals surface area contributed by atoms with Crippen LogP contribution in [0.2, 0.25) is 0 Å². The highest BCUT2D eigenvalue weighted by Crippen LogP contribution is 2.20. The third kappa shape index (κ3) is 2.97. The second-order valence-electron chi connectivity index (χ2n) is 4.51. The Kier molecular flexibility index (Phi) is 4.37. The van der Waals surface area contributed by atoms with E-state index in [0.29, 0.717) is 12.5 Å². The van der Waals surface area contributed by atoms with Crippen LogP contribution < -0.4 is 0 Å². The van der Waals surface area contributed by atoms with E-state index in [2.05, 4.69) is 36.9 Å². The molecule has 0 aromatic carbocycles. The maximum atomic E-state index is 8.52. The molecule has 1 rings (SSSR count). The molecule has 2 atom stereocenters. The molecule has 80 valence electrons. The molecule has 0 saturated carbocycles. The zero-order valence-corrected chi connectivity index (χ0v) is 9.53. The van der Waals surface area contributed by atoms with Crippen LogP contribution in [0.4, 0.5) is 0 Å². The summed E-state index contributed by atoms with van der Waals surface area (Å²) in [5, 5.41) is 8.52. The van der Waals surface area contributed by atoms with E-state index in [9.17, 15) is 0 Å². The summed E-state index contributed by atoms with van der Waals surface area (Å²) < 4.78 is 0. The fourth-order valence-corrected chi connectivity index (χ4v) is 2.40. The van der Waals surface area contributed by atoms with Crippen molar-refractivity contribution < 1.29 is 0 Å². The summed E-state index contributed by atoms with van der Waals surface area (Å²) in [7, 11) is 4.32. The van der Waals surface area contributed by atoms with E-state index in [1.54, 1.807) is 0 Å². The van der Waals surface area contributed by atoms with Gasteiger partial charge in [0.15, 0.2) is 0 Å². The van der Waals surface area contributed by atoms with Crippen LogP contribution in [0.5, 0.6) is 0 Å². The van der Waals surface area contributed by atoms with Gasteiger partial charge in [-0.3, -0.25) is 0 Å². The quantitative estimate of drug-likeness (QED) is 0.677. The Morgan fingerprint density at radius 2 is 2.21 bits per heavy atom. The topological polar surface area (TPSA) is 30.3 Å². The molecule has 1 heterocycles. The van der Waals surface area contributed by atoms with Crippen LogP contribution in [0, 0.1) is 17.2 Å². The average molecular weight is 195 g/mol. The van der Waals surface area contributed by atoms with E-state index in [0.717, 1.165) is 25.6 Å². The van der Waals surface area contributed by atoms with Crippen LogP contribution in [0.15, 0.2) is 0 Å². The Morgan fingerprint density at radius 1 is 1.50 bits per heavy atom. The Labute approximate surface area is 87.3 Å². The molecule has 0 aromatic heterocycles. The SMILES string of the molecule is CC1CN(CCC#N)CCC1N(C)C. The second-order valence-corrected chi connectivity index (χ2v) is 4.51. The maximum Gasteiger partial charge on any atom is 0.0635 e. The van der Waals surface area contributed by atoms with Crippen LogP contribution in [0.3, 0.4) is 0 Å². The average Bonchev–Trinajstić information content (AvgIpc) is 2.14. The monoisotopic (exact) mass is 195 g/mol. The van der Waals surface area contributed by atoms with Gasteiger partial charge in [0.05, 0.1) is 6.07 Å². The molecule has 0 aliphatic carbocycles. The van der Waals surface area contributed by atoms with E-state index in [-0.39, 0.29) is 0 Å². The van der Waals surface area contributed by atoms with Gasteiger partial charge in [-0.05, 0) is 33.0 Å². The first-order chi connectivity index (χ1) is 6.65. The lowest BCUT2D eigenvalue weighted by Gasteiger charge is -2.39. The van der Waals surface area contributed by atoms with Crippen LogP contribution in [-0.4, -0.2) is 49.6 Å². The van der Waals surface area contributed by atoms with E-state index in [1.165, 1.54) is 6.42 Å². The van der Waals surface area contributed by atoms with Crippen LogP contribution >= 0.6 is 0 Å². The van der Waals surface area contributed by atoms with Crippen molar-refractivity contribution in [2.24, 2.45) is 5.92 Å². The normalized spacial score (nSPS) is 29.1. The fraction of sp³-hybridized carbons (Fsp3) is 0.909. The predicted octanol–water partition coefficient (Wildman–Crippen LogP) is 1.17. The molecule has 0 spiro atoms. The molecule has 1 fully saturated rings. The zero-order valence-electron chi connectivity index (χ0n) is 9.53. The maximum absolute atomic E-state index is 8.52. The van der Waals surface area contributed by atoms with Gasteiger partial charge in [0.2, 0.25) is 0 Å². The first-order valence-electron chi connectivity index (χ1n) is 5.41.